The van der Waals surface area contributed by atoms with Gasteiger partial charge in [0.2, 0.25) is 17.7 Å². The highest BCUT2D eigenvalue weighted by molar-refractivity contribution is 7.98. The maximum Gasteiger partial charge on any atom is 0.326 e. The number of nitrogens with zero attached hydrogens (tertiary/aromatic N) is 1. The zero-order valence-corrected chi connectivity index (χ0v) is 20.0. The van der Waals surface area contributed by atoms with Crippen molar-refractivity contribution in [2.24, 2.45) is 17.6 Å². The number of hydrogen-bond donors (Lipinski definition) is 4. The molecule has 10 heteroatoms. The quantitative estimate of drug-likeness (QED) is 0.339. The van der Waals surface area contributed by atoms with Gasteiger partial charge in [0.1, 0.15) is 18.1 Å². The van der Waals surface area contributed by atoms with Crippen molar-refractivity contribution >= 4 is 35.5 Å². The number of rotatable bonds is 12. The number of likely N-dealkylation sites (tertiary alicyclic amines) is 1. The fourth-order valence-corrected chi connectivity index (χ4v) is 3.95. The number of thioether (sulfide) groups is 1. The Morgan fingerprint density at radius 3 is 2.32 bits per heavy atom. The molecule has 1 rings (SSSR count). The van der Waals surface area contributed by atoms with Crippen LogP contribution in [0.4, 0.5) is 0 Å². The number of aliphatic carboxylic acids is 1. The summed E-state index contributed by atoms with van der Waals surface area (Å²) in [5, 5.41) is 15.0. The maximum atomic E-state index is 13.2. The number of hydrogen-bond acceptors (Lipinski definition) is 6. The van der Waals surface area contributed by atoms with E-state index in [9.17, 15) is 24.3 Å². The molecule has 0 aromatic rings. The summed E-state index contributed by atoms with van der Waals surface area (Å²) in [7, 11) is 0. The van der Waals surface area contributed by atoms with E-state index in [1.165, 1.54) is 4.90 Å². The molecule has 0 aromatic carbocycles. The summed E-state index contributed by atoms with van der Waals surface area (Å²) in [6.07, 6.45) is 3.95. The third kappa shape index (κ3) is 7.68. The normalized spacial score (nSPS) is 20.1. The Balaban J connectivity index is 3.01. The van der Waals surface area contributed by atoms with Gasteiger partial charge in [0.05, 0.1) is 6.04 Å². The Bertz CT molecular complexity index is 645. The zero-order valence-electron chi connectivity index (χ0n) is 19.2. The molecule has 5 N–H and O–H groups in total. The number of nitrogens with two attached hydrogens (primary N) is 1. The average molecular weight is 459 g/mol. The Kier molecular flexibility index (Phi) is 11.3. The van der Waals surface area contributed by atoms with E-state index in [2.05, 4.69) is 10.6 Å². The summed E-state index contributed by atoms with van der Waals surface area (Å²) in [5.74, 6) is -1.92. The van der Waals surface area contributed by atoms with Crippen molar-refractivity contribution < 1.29 is 24.3 Å². The molecule has 0 aromatic heterocycles. The van der Waals surface area contributed by atoms with Crippen LogP contribution in [0.3, 0.4) is 0 Å². The van der Waals surface area contributed by atoms with Gasteiger partial charge in [0, 0.05) is 6.54 Å². The molecule has 0 radical (unpaired) electrons. The van der Waals surface area contributed by atoms with Crippen molar-refractivity contribution in [2.45, 2.75) is 77.5 Å². The van der Waals surface area contributed by atoms with Gasteiger partial charge in [-0.3, -0.25) is 14.4 Å². The lowest BCUT2D eigenvalue weighted by Crippen LogP contribution is -2.59. The van der Waals surface area contributed by atoms with E-state index >= 15 is 0 Å². The van der Waals surface area contributed by atoms with E-state index in [1.807, 2.05) is 34.0 Å². The van der Waals surface area contributed by atoms with Crippen LogP contribution >= 0.6 is 11.8 Å². The highest BCUT2D eigenvalue weighted by atomic mass is 32.2. The summed E-state index contributed by atoms with van der Waals surface area (Å²) in [4.78, 5) is 51.6. The molecular formula is C21H38N4O5S. The summed E-state index contributed by atoms with van der Waals surface area (Å²) >= 11 is 1.55. The molecule has 9 nitrogen and oxygen atoms in total. The second kappa shape index (κ2) is 12.9. The number of carboxylic acid groups (broad SMARTS) is 1. The van der Waals surface area contributed by atoms with Crippen LogP contribution in [-0.4, -0.2) is 76.4 Å². The second-order valence-electron chi connectivity index (χ2n) is 8.51. The zero-order chi connectivity index (χ0) is 23.7. The van der Waals surface area contributed by atoms with Gasteiger partial charge in [-0.25, -0.2) is 4.79 Å². The van der Waals surface area contributed by atoms with Crippen molar-refractivity contribution in [1.82, 2.24) is 15.5 Å². The van der Waals surface area contributed by atoms with Gasteiger partial charge in [-0.05, 0) is 43.1 Å². The van der Waals surface area contributed by atoms with Crippen molar-refractivity contribution in [3.05, 3.63) is 0 Å². The minimum Gasteiger partial charge on any atom is -0.480 e. The summed E-state index contributed by atoms with van der Waals surface area (Å²) in [6, 6.07) is -3.28. The van der Waals surface area contributed by atoms with Crippen LogP contribution in [-0.2, 0) is 19.2 Å². The number of nitrogens with one attached hydrogen (secondary N) is 2. The first kappa shape index (κ1) is 27.2. The van der Waals surface area contributed by atoms with E-state index in [4.69, 9.17) is 5.73 Å². The molecule has 0 aliphatic carbocycles. The molecular weight excluding hydrogens is 420 g/mol. The molecule has 1 aliphatic heterocycles. The molecule has 5 unspecified atom stereocenters. The van der Waals surface area contributed by atoms with E-state index in [1.54, 1.807) is 11.8 Å². The topological polar surface area (TPSA) is 142 Å². The van der Waals surface area contributed by atoms with Crippen LogP contribution in [0.1, 0.15) is 53.4 Å². The Labute approximate surface area is 189 Å². The maximum absolute atomic E-state index is 13.2. The minimum atomic E-state index is -1.03. The Hall–Kier alpha value is -1.81. The number of carboxylic acids is 1. The van der Waals surface area contributed by atoms with E-state index in [0.29, 0.717) is 38.0 Å². The van der Waals surface area contributed by atoms with Crippen LogP contribution in [0.5, 0.6) is 0 Å². The monoisotopic (exact) mass is 458 g/mol. The van der Waals surface area contributed by atoms with Gasteiger partial charge in [-0.1, -0.05) is 34.1 Å². The molecule has 3 amide bonds. The highest BCUT2D eigenvalue weighted by Gasteiger charge is 2.39. The molecule has 31 heavy (non-hydrogen) atoms. The molecule has 1 heterocycles. The van der Waals surface area contributed by atoms with Crippen molar-refractivity contribution in [3.8, 4) is 0 Å². The van der Waals surface area contributed by atoms with Gasteiger partial charge in [0.15, 0.2) is 0 Å². The number of carbonyl (C=O) groups excluding carboxylic acids is 3. The third-order valence-corrected chi connectivity index (χ3v) is 6.51. The fraction of sp³-hybridized carbons (Fsp3) is 0.810. The lowest BCUT2D eigenvalue weighted by molar-refractivity contribution is -0.150. The van der Waals surface area contributed by atoms with Gasteiger partial charge >= 0.3 is 5.97 Å². The van der Waals surface area contributed by atoms with Crippen LogP contribution in [0.15, 0.2) is 0 Å². The van der Waals surface area contributed by atoms with E-state index in [-0.39, 0.29) is 17.7 Å². The van der Waals surface area contributed by atoms with Crippen LogP contribution < -0.4 is 16.4 Å². The minimum absolute atomic E-state index is 0.0816. The molecule has 5 atom stereocenters. The lowest BCUT2D eigenvalue weighted by Gasteiger charge is -2.31. The van der Waals surface area contributed by atoms with Crippen LogP contribution in [0.2, 0.25) is 0 Å². The van der Waals surface area contributed by atoms with E-state index < -0.39 is 42.0 Å². The number of amides is 3. The molecule has 0 saturated carbocycles. The van der Waals surface area contributed by atoms with E-state index in [0.717, 1.165) is 0 Å². The van der Waals surface area contributed by atoms with Gasteiger partial charge in [0.25, 0.3) is 0 Å². The van der Waals surface area contributed by atoms with Crippen molar-refractivity contribution in [3.63, 3.8) is 0 Å². The predicted octanol–water partition coefficient (Wildman–Crippen LogP) is 0.814. The first-order valence-corrected chi connectivity index (χ1v) is 12.3. The summed E-state index contributed by atoms with van der Waals surface area (Å²) in [6.45, 7) is 7.76. The standard InChI is InChI=1S/C21H38N4O5S/c1-6-13(4)17(20(28)25-10-7-8-15(25)21(29)30)24-18(26)14(9-11-31-5)23-19(27)16(22)12(2)3/h12-17H,6-11,22H2,1-5H3,(H,23,27)(H,24,26)(H,29,30). The molecule has 1 fully saturated rings. The summed E-state index contributed by atoms with van der Waals surface area (Å²) < 4.78 is 0. The lowest BCUT2D eigenvalue weighted by atomic mass is 9.96. The molecule has 0 spiro atoms. The molecule has 0 bridgehead atoms. The third-order valence-electron chi connectivity index (χ3n) is 5.86. The van der Waals surface area contributed by atoms with Gasteiger partial charge in [-0.2, -0.15) is 11.8 Å². The Morgan fingerprint density at radius 2 is 1.81 bits per heavy atom. The molecule has 1 aliphatic rings. The largest absolute Gasteiger partial charge is 0.480 e. The van der Waals surface area contributed by atoms with Gasteiger partial charge < -0.3 is 26.4 Å². The van der Waals surface area contributed by atoms with Crippen molar-refractivity contribution in [2.75, 3.05) is 18.6 Å². The molecule has 1 saturated heterocycles. The number of carbonyl (C=O) groups is 4. The first-order valence-electron chi connectivity index (χ1n) is 10.9. The van der Waals surface area contributed by atoms with Crippen LogP contribution in [0.25, 0.3) is 0 Å². The predicted molar refractivity (Wildman–Crippen MR) is 121 cm³/mol. The average Bonchev–Trinajstić information content (AvgIpc) is 3.23. The smallest absolute Gasteiger partial charge is 0.326 e. The first-order chi connectivity index (χ1) is 14.5. The van der Waals surface area contributed by atoms with Gasteiger partial charge in [-0.15, -0.1) is 0 Å². The molecule has 178 valence electrons. The second-order valence-corrected chi connectivity index (χ2v) is 9.50. The SMILES string of the molecule is CCC(C)C(NC(=O)C(CCSC)NC(=O)C(N)C(C)C)C(=O)N1CCCC1C(=O)O. The fourth-order valence-electron chi connectivity index (χ4n) is 3.48. The highest BCUT2D eigenvalue weighted by Crippen LogP contribution is 2.21. The van der Waals surface area contributed by atoms with Crippen LogP contribution in [0, 0.1) is 11.8 Å². The Morgan fingerprint density at radius 1 is 1.16 bits per heavy atom. The van der Waals surface area contributed by atoms with Crippen molar-refractivity contribution in [1.29, 1.82) is 0 Å². The summed E-state index contributed by atoms with van der Waals surface area (Å²) in [5.41, 5.74) is 5.92.